The van der Waals surface area contributed by atoms with Crippen LogP contribution in [0.1, 0.15) is 0 Å². The Morgan fingerprint density at radius 3 is 2.50 bits per heavy atom. The first-order valence-corrected chi connectivity index (χ1v) is 10.2. The van der Waals surface area contributed by atoms with Gasteiger partial charge in [-0.3, -0.25) is 0 Å². The van der Waals surface area contributed by atoms with Gasteiger partial charge in [-0.2, -0.15) is 4.52 Å². The highest BCUT2D eigenvalue weighted by molar-refractivity contribution is 7.91. The monoisotopic (exact) mass is 413 g/mol. The van der Waals surface area contributed by atoms with E-state index in [4.69, 9.17) is 17.3 Å². The molecule has 0 aliphatic carbocycles. The molecule has 0 atom stereocenters. The van der Waals surface area contributed by atoms with E-state index in [9.17, 15) is 8.42 Å². The molecule has 0 saturated heterocycles. The van der Waals surface area contributed by atoms with E-state index in [0.717, 1.165) is 5.56 Å². The molecule has 0 aliphatic rings. The second-order valence-corrected chi connectivity index (χ2v) is 8.38. The smallest absolute Gasteiger partial charge is 0.214 e. The normalized spacial score (nSPS) is 11.6. The molecular formula is C19H16ClN5O2S. The number of hydrogen-bond acceptors (Lipinski definition) is 6. The molecule has 0 bridgehead atoms. The minimum absolute atomic E-state index is 0.0308. The number of fused-ring (bicyclic) bond motifs is 1. The fourth-order valence-electron chi connectivity index (χ4n) is 2.94. The fraction of sp³-hybridized carbons (Fsp3) is 0.0526. The van der Waals surface area contributed by atoms with Gasteiger partial charge in [0.15, 0.2) is 16.4 Å². The van der Waals surface area contributed by atoms with Gasteiger partial charge in [0.05, 0.1) is 10.6 Å². The Morgan fingerprint density at radius 1 is 1.07 bits per heavy atom. The van der Waals surface area contributed by atoms with Crippen molar-refractivity contribution < 1.29 is 8.42 Å². The van der Waals surface area contributed by atoms with E-state index >= 15 is 0 Å². The SMILES string of the molecule is CNc1nn2c(N)cc(-c3cccc(Cl)c3)nc2c1S(=O)(=O)c1ccccc1. The number of nitrogens with two attached hydrogens (primary N) is 1. The summed E-state index contributed by atoms with van der Waals surface area (Å²) in [6.45, 7) is 0. The first kappa shape index (κ1) is 18.3. The molecule has 2 aromatic carbocycles. The van der Waals surface area contributed by atoms with Crippen molar-refractivity contribution in [3.63, 3.8) is 0 Å². The molecule has 2 heterocycles. The Balaban J connectivity index is 2.03. The second-order valence-electron chi connectivity index (χ2n) is 6.06. The van der Waals surface area contributed by atoms with Gasteiger partial charge in [0.2, 0.25) is 9.84 Å². The molecular weight excluding hydrogens is 398 g/mol. The lowest BCUT2D eigenvalue weighted by Gasteiger charge is -2.07. The molecule has 28 heavy (non-hydrogen) atoms. The van der Waals surface area contributed by atoms with E-state index in [0.29, 0.717) is 10.7 Å². The van der Waals surface area contributed by atoms with E-state index in [1.54, 1.807) is 49.5 Å². The highest BCUT2D eigenvalue weighted by Gasteiger charge is 2.29. The lowest BCUT2D eigenvalue weighted by atomic mass is 10.1. The average Bonchev–Trinajstić information content (AvgIpc) is 3.09. The molecule has 0 amide bonds. The van der Waals surface area contributed by atoms with Crippen LogP contribution >= 0.6 is 11.6 Å². The maximum atomic E-state index is 13.3. The van der Waals surface area contributed by atoms with Crippen molar-refractivity contribution in [2.24, 2.45) is 0 Å². The van der Waals surface area contributed by atoms with E-state index in [-0.39, 0.29) is 27.1 Å². The molecule has 0 radical (unpaired) electrons. The minimum Gasteiger partial charge on any atom is -0.384 e. The zero-order valence-corrected chi connectivity index (χ0v) is 16.4. The highest BCUT2D eigenvalue weighted by Crippen LogP contribution is 2.33. The predicted octanol–water partition coefficient (Wildman–Crippen LogP) is 3.51. The Hall–Kier alpha value is -3.10. The number of nitrogens with one attached hydrogen (secondary N) is 1. The summed E-state index contributed by atoms with van der Waals surface area (Å²) in [4.78, 5) is 4.67. The number of halogens is 1. The summed E-state index contributed by atoms with van der Waals surface area (Å²) < 4.78 is 27.9. The van der Waals surface area contributed by atoms with Crippen molar-refractivity contribution in [2.75, 3.05) is 18.1 Å². The Labute approximate surface area is 166 Å². The van der Waals surface area contributed by atoms with Gasteiger partial charge >= 0.3 is 0 Å². The van der Waals surface area contributed by atoms with Crippen LogP contribution in [0.4, 0.5) is 11.6 Å². The van der Waals surface area contributed by atoms with Crippen molar-refractivity contribution >= 4 is 38.7 Å². The molecule has 2 aromatic heterocycles. The third-order valence-corrected chi connectivity index (χ3v) is 6.29. The van der Waals surface area contributed by atoms with Crippen molar-refractivity contribution in [3.8, 4) is 11.3 Å². The number of anilines is 2. The number of benzene rings is 2. The number of aromatic nitrogens is 3. The van der Waals surface area contributed by atoms with Crippen LogP contribution in [-0.4, -0.2) is 30.1 Å². The largest absolute Gasteiger partial charge is 0.384 e. The maximum absolute atomic E-state index is 13.3. The molecule has 4 rings (SSSR count). The summed E-state index contributed by atoms with van der Waals surface area (Å²) >= 11 is 6.08. The second kappa shape index (κ2) is 6.81. The molecule has 142 valence electrons. The van der Waals surface area contributed by atoms with Gasteiger partial charge in [-0.1, -0.05) is 41.9 Å². The summed E-state index contributed by atoms with van der Waals surface area (Å²) in [5.74, 6) is 0.428. The van der Waals surface area contributed by atoms with Gasteiger partial charge in [0, 0.05) is 23.7 Å². The summed E-state index contributed by atoms with van der Waals surface area (Å²) in [7, 11) is -2.28. The topological polar surface area (TPSA) is 102 Å². The molecule has 0 spiro atoms. The zero-order chi connectivity index (χ0) is 19.9. The van der Waals surface area contributed by atoms with Gasteiger partial charge in [0.1, 0.15) is 5.82 Å². The number of nitrogens with zero attached hydrogens (tertiary/aromatic N) is 3. The molecule has 9 heteroatoms. The molecule has 0 unspecified atom stereocenters. The Kier molecular flexibility index (Phi) is 4.44. The van der Waals surface area contributed by atoms with E-state index in [1.165, 1.54) is 16.6 Å². The van der Waals surface area contributed by atoms with Crippen molar-refractivity contribution in [2.45, 2.75) is 9.79 Å². The van der Waals surface area contributed by atoms with E-state index in [1.807, 2.05) is 6.07 Å². The lowest BCUT2D eigenvalue weighted by Crippen LogP contribution is -2.06. The van der Waals surface area contributed by atoms with Gasteiger partial charge < -0.3 is 11.1 Å². The standard InChI is InChI=1S/C19H16ClN5O2S/c1-22-18-17(28(26,27)14-8-3-2-4-9-14)19-23-15(11-16(21)25(19)24-18)12-6-5-7-13(20)10-12/h2-11H,21H2,1H3,(H,22,24). The van der Waals surface area contributed by atoms with Gasteiger partial charge in [-0.05, 0) is 24.3 Å². The van der Waals surface area contributed by atoms with Crippen LogP contribution < -0.4 is 11.1 Å². The molecule has 7 nitrogen and oxygen atoms in total. The van der Waals surface area contributed by atoms with Crippen LogP contribution in [0.3, 0.4) is 0 Å². The van der Waals surface area contributed by atoms with Crippen molar-refractivity contribution in [1.82, 2.24) is 14.6 Å². The number of sulfone groups is 1. The third-order valence-electron chi connectivity index (χ3n) is 4.25. The quantitative estimate of drug-likeness (QED) is 0.530. The number of nitrogen functional groups attached to an aromatic ring is 1. The van der Waals surface area contributed by atoms with Crippen LogP contribution in [0.5, 0.6) is 0 Å². The average molecular weight is 414 g/mol. The van der Waals surface area contributed by atoms with Crippen LogP contribution in [0.2, 0.25) is 5.02 Å². The van der Waals surface area contributed by atoms with E-state index < -0.39 is 9.84 Å². The first-order chi connectivity index (χ1) is 13.4. The summed E-state index contributed by atoms with van der Waals surface area (Å²) in [5.41, 5.74) is 7.52. The lowest BCUT2D eigenvalue weighted by molar-refractivity contribution is 0.597. The van der Waals surface area contributed by atoms with Crippen LogP contribution in [0.25, 0.3) is 16.9 Å². The molecule has 3 N–H and O–H groups in total. The molecule has 0 aliphatic heterocycles. The number of hydrogen-bond donors (Lipinski definition) is 2. The molecule has 0 saturated carbocycles. The zero-order valence-electron chi connectivity index (χ0n) is 14.8. The third kappa shape index (κ3) is 2.96. The molecule has 4 aromatic rings. The fourth-order valence-corrected chi connectivity index (χ4v) is 4.66. The van der Waals surface area contributed by atoms with Crippen LogP contribution in [-0.2, 0) is 9.84 Å². The number of rotatable bonds is 4. The van der Waals surface area contributed by atoms with Crippen molar-refractivity contribution in [1.29, 1.82) is 0 Å². The van der Waals surface area contributed by atoms with Crippen LogP contribution in [0.15, 0.2) is 70.5 Å². The first-order valence-electron chi connectivity index (χ1n) is 8.35. The van der Waals surface area contributed by atoms with Crippen LogP contribution in [0, 0.1) is 0 Å². The van der Waals surface area contributed by atoms with Gasteiger partial charge in [0.25, 0.3) is 0 Å². The Morgan fingerprint density at radius 2 is 1.82 bits per heavy atom. The summed E-state index contributed by atoms with van der Waals surface area (Å²) in [6, 6.07) is 16.9. The Bertz CT molecular complexity index is 1290. The van der Waals surface area contributed by atoms with E-state index in [2.05, 4.69) is 15.4 Å². The summed E-state index contributed by atoms with van der Waals surface area (Å²) in [5, 5.41) is 7.66. The van der Waals surface area contributed by atoms with Crippen molar-refractivity contribution in [3.05, 3.63) is 65.7 Å². The minimum atomic E-state index is -3.88. The summed E-state index contributed by atoms with van der Waals surface area (Å²) in [6.07, 6.45) is 0. The maximum Gasteiger partial charge on any atom is 0.214 e. The van der Waals surface area contributed by atoms with Gasteiger partial charge in [-0.15, -0.1) is 5.10 Å². The van der Waals surface area contributed by atoms with Gasteiger partial charge in [-0.25, -0.2) is 13.4 Å². The predicted molar refractivity (Wildman–Crippen MR) is 109 cm³/mol. The highest BCUT2D eigenvalue weighted by atomic mass is 35.5. The molecule has 0 fully saturated rings.